The number of nitrogens with zero attached hydrogens (tertiary/aromatic N) is 3. The fraction of sp³-hybridized carbons (Fsp3) is 0.250. The Morgan fingerprint density at radius 1 is 1.40 bits per heavy atom. The normalized spacial score (nSPS) is 10.5. The SMILES string of the molecule is CCNNc1nc2nccnc2c(=O)[nH]1. The standard InChI is InChI=1S/C8H10N6O/c1-2-11-14-8-12-6-5(7(15)13-8)9-3-4-10-6/h3-4,11H,2H2,1H3,(H2,10,12,13,14,15). The summed E-state index contributed by atoms with van der Waals surface area (Å²) in [6.45, 7) is 2.63. The molecule has 0 fully saturated rings. The number of aromatic amines is 1. The second kappa shape index (κ2) is 4.01. The zero-order valence-electron chi connectivity index (χ0n) is 8.11. The first-order valence-corrected chi connectivity index (χ1v) is 4.51. The van der Waals surface area contributed by atoms with Crippen molar-refractivity contribution < 1.29 is 0 Å². The second-order valence-electron chi connectivity index (χ2n) is 2.80. The molecule has 2 aromatic rings. The van der Waals surface area contributed by atoms with Crippen LogP contribution in [0, 0.1) is 0 Å². The van der Waals surface area contributed by atoms with Crippen LogP contribution < -0.4 is 16.4 Å². The number of aromatic nitrogens is 4. The molecule has 7 heteroatoms. The van der Waals surface area contributed by atoms with E-state index in [9.17, 15) is 4.79 Å². The van der Waals surface area contributed by atoms with Crippen LogP contribution in [-0.4, -0.2) is 26.5 Å². The van der Waals surface area contributed by atoms with Gasteiger partial charge in [-0.05, 0) is 0 Å². The molecule has 0 spiro atoms. The smallest absolute Gasteiger partial charge is 0.280 e. The molecule has 2 heterocycles. The first-order valence-electron chi connectivity index (χ1n) is 4.51. The largest absolute Gasteiger partial charge is 0.291 e. The summed E-state index contributed by atoms with van der Waals surface area (Å²) >= 11 is 0. The lowest BCUT2D eigenvalue weighted by Crippen LogP contribution is -2.24. The molecule has 0 aliphatic heterocycles. The quantitative estimate of drug-likeness (QED) is 0.594. The van der Waals surface area contributed by atoms with Crippen LogP contribution >= 0.6 is 0 Å². The van der Waals surface area contributed by atoms with E-state index in [0.717, 1.165) is 0 Å². The molecular weight excluding hydrogens is 196 g/mol. The van der Waals surface area contributed by atoms with Crippen molar-refractivity contribution in [3.63, 3.8) is 0 Å². The molecular formula is C8H10N6O. The molecule has 0 aromatic carbocycles. The monoisotopic (exact) mass is 206 g/mol. The molecule has 0 saturated heterocycles. The number of hydrazine groups is 1. The van der Waals surface area contributed by atoms with E-state index in [0.29, 0.717) is 18.1 Å². The first kappa shape index (κ1) is 9.53. The molecule has 0 bridgehead atoms. The van der Waals surface area contributed by atoms with Crippen molar-refractivity contribution in [1.82, 2.24) is 25.4 Å². The predicted octanol–water partition coefficient (Wildman–Crippen LogP) is -0.351. The van der Waals surface area contributed by atoms with Gasteiger partial charge < -0.3 is 0 Å². The van der Waals surface area contributed by atoms with Crippen molar-refractivity contribution in [3.8, 4) is 0 Å². The third kappa shape index (κ3) is 1.91. The van der Waals surface area contributed by atoms with Gasteiger partial charge >= 0.3 is 0 Å². The Morgan fingerprint density at radius 2 is 2.20 bits per heavy atom. The lowest BCUT2D eigenvalue weighted by atomic mass is 10.5. The first-order chi connectivity index (χ1) is 7.31. The molecule has 0 saturated carbocycles. The zero-order valence-corrected chi connectivity index (χ0v) is 8.11. The van der Waals surface area contributed by atoms with E-state index < -0.39 is 0 Å². The van der Waals surface area contributed by atoms with E-state index in [1.807, 2.05) is 6.92 Å². The van der Waals surface area contributed by atoms with Gasteiger partial charge in [-0.2, -0.15) is 4.98 Å². The zero-order chi connectivity index (χ0) is 10.7. The Bertz CT molecular complexity index is 522. The number of H-pyrrole nitrogens is 1. The number of fused-ring (bicyclic) bond motifs is 1. The lowest BCUT2D eigenvalue weighted by Gasteiger charge is -2.04. The molecule has 78 valence electrons. The summed E-state index contributed by atoms with van der Waals surface area (Å²) in [4.78, 5) is 25.9. The molecule has 2 rings (SSSR count). The van der Waals surface area contributed by atoms with E-state index in [1.54, 1.807) is 0 Å². The van der Waals surface area contributed by atoms with Crippen LogP contribution in [0.1, 0.15) is 6.92 Å². The molecule has 0 aliphatic carbocycles. The molecule has 0 radical (unpaired) electrons. The molecule has 0 amide bonds. The van der Waals surface area contributed by atoms with Gasteiger partial charge in [0.2, 0.25) is 5.95 Å². The lowest BCUT2D eigenvalue weighted by molar-refractivity contribution is 0.824. The molecule has 7 nitrogen and oxygen atoms in total. The van der Waals surface area contributed by atoms with Gasteiger partial charge in [-0.25, -0.2) is 15.4 Å². The van der Waals surface area contributed by atoms with Gasteiger partial charge in [-0.15, -0.1) is 0 Å². The average molecular weight is 206 g/mol. The van der Waals surface area contributed by atoms with Crippen LogP contribution in [0.4, 0.5) is 5.95 Å². The van der Waals surface area contributed by atoms with Crippen LogP contribution in [0.5, 0.6) is 0 Å². The maximum atomic E-state index is 11.5. The number of rotatable bonds is 3. The summed E-state index contributed by atoms with van der Waals surface area (Å²) < 4.78 is 0. The minimum atomic E-state index is -0.312. The third-order valence-electron chi connectivity index (χ3n) is 1.73. The van der Waals surface area contributed by atoms with Crippen LogP contribution in [0.3, 0.4) is 0 Å². The summed E-state index contributed by atoms with van der Waals surface area (Å²) in [6.07, 6.45) is 2.95. The molecule has 2 aromatic heterocycles. The number of hydrogen-bond acceptors (Lipinski definition) is 6. The number of hydrogen-bond donors (Lipinski definition) is 3. The highest BCUT2D eigenvalue weighted by molar-refractivity contribution is 5.68. The van der Waals surface area contributed by atoms with E-state index >= 15 is 0 Å². The molecule has 3 N–H and O–H groups in total. The highest BCUT2D eigenvalue weighted by atomic mass is 16.1. The molecule has 0 unspecified atom stereocenters. The van der Waals surface area contributed by atoms with E-state index in [-0.39, 0.29) is 11.1 Å². The van der Waals surface area contributed by atoms with E-state index in [4.69, 9.17) is 0 Å². The van der Waals surface area contributed by atoms with Gasteiger partial charge in [-0.3, -0.25) is 15.2 Å². The number of nitrogens with one attached hydrogen (secondary N) is 3. The Morgan fingerprint density at radius 3 is 3.00 bits per heavy atom. The summed E-state index contributed by atoms with van der Waals surface area (Å²) in [5.74, 6) is 0.329. The number of anilines is 1. The van der Waals surface area contributed by atoms with Crippen molar-refractivity contribution >= 4 is 17.1 Å². The van der Waals surface area contributed by atoms with Gasteiger partial charge in [-0.1, -0.05) is 6.92 Å². The summed E-state index contributed by atoms with van der Waals surface area (Å²) in [5.41, 5.74) is 5.81. The third-order valence-corrected chi connectivity index (χ3v) is 1.73. The van der Waals surface area contributed by atoms with Crippen LogP contribution in [0.25, 0.3) is 11.2 Å². The Hall–Kier alpha value is -2.02. The minimum Gasteiger partial charge on any atom is -0.291 e. The fourth-order valence-corrected chi connectivity index (χ4v) is 1.10. The van der Waals surface area contributed by atoms with Crippen molar-refractivity contribution in [3.05, 3.63) is 22.7 Å². The topological polar surface area (TPSA) is 95.6 Å². The Kier molecular flexibility index (Phi) is 2.55. The highest BCUT2D eigenvalue weighted by Gasteiger charge is 2.03. The minimum absolute atomic E-state index is 0.236. The van der Waals surface area contributed by atoms with Crippen molar-refractivity contribution in [1.29, 1.82) is 0 Å². The molecule has 15 heavy (non-hydrogen) atoms. The molecule has 0 aliphatic rings. The van der Waals surface area contributed by atoms with E-state index in [2.05, 4.69) is 30.8 Å². The van der Waals surface area contributed by atoms with Gasteiger partial charge in [0.25, 0.3) is 5.56 Å². The van der Waals surface area contributed by atoms with Crippen LogP contribution in [0.2, 0.25) is 0 Å². The Balaban J connectivity index is 2.48. The highest BCUT2D eigenvalue weighted by Crippen LogP contribution is 2.00. The van der Waals surface area contributed by atoms with Gasteiger partial charge in [0, 0.05) is 18.9 Å². The maximum absolute atomic E-state index is 11.5. The second-order valence-corrected chi connectivity index (χ2v) is 2.80. The summed E-state index contributed by atoms with van der Waals surface area (Å²) in [6, 6.07) is 0. The fourth-order valence-electron chi connectivity index (χ4n) is 1.10. The maximum Gasteiger partial charge on any atom is 0.280 e. The van der Waals surface area contributed by atoms with Gasteiger partial charge in [0.15, 0.2) is 11.2 Å². The van der Waals surface area contributed by atoms with Crippen LogP contribution in [-0.2, 0) is 0 Å². The van der Waals surface area contributed by atoms with Crippen molar-refractivity contribution in [2.45, 2.75) is 6.92 Å². The van der Waals surface area contributed by atoms with Gasteiger partial charge in [0.1, 0.15) is 0 Å². The van der Waals surface area contributed by atoms with Crippen molar-refractivity contribution in [2.75, 3.05) is 12.0 Å². The summed E-state index contributed by atoms with van der Waals surface area (Å²) in [5, 5.41) is 0. The van der Waals surface area contributed by atoms with Gasteiger partial charge in [0.05, 0.1) is 0 Å². The van der Waals surface area contributed by atoms with Crippen LogP contribution in [0.15, 0.2) is 17.2 Å². The average Bonchev–Trinajstić information content (AvgIpc) is 2.26. The van der Waals surface area contributed by atoms with E-state index in [1.165, 1.54) is 12.4 Å². The Labute approximate surface area is 85.0 Å². The molecule has 0 atom stereocenters. The predicted molar refractivity (Wildman–Crippen MR) is 55.3 cm³/mol. The summed E-state index contributed by atoms with van der Waals surface area (Å²) in [7, 11) is 0. The van der Waals surface area contributed by atoms with Crippen molar-refractivity contribution in [2.24, 2.45) is 0 Å².